The van der Waals surface area contributed by atoms with Crippen molar-refractivity contribution >= 4 is 10.9 Å². The van der Waals surface area contributed by atoms with Crippen LogP contribution in [0.15, 0.2) is 54.6 Å². The van der Waals surface area contributed by atoms with Crippen molar-refractivity contribution in [2.75, 3.05) is 19.7 Å². The van der Waals surface area contributed by atoms with E-state index < -0.39 is 0 Å². The highest BCUT2D eigenvalue weighted by atomic mass is 16.5. The first kappa shape index (κ1) is 17.8. The summed E-state index contributed by atoms with van der Waals surface area (Å²) in [6.45, 7) is 3.28. The molecule has 1 aliphatic heterocycles. The van der Waals surface area contributed by atoms with Crippen LogP contribution in [0.2, 0.25) is 0 Å². The molecule has 0 radical (unpaired) electrons. The van der Waals surface area contributed by atoms with Gasteiger partial charge in [0.1, 0.15) is 5.75 Å². The fourth-order valence-electron chi connectivity index (χ4n) is 5.38. The maximum Gasteiger partial charge on any atom is 0.119 e. The highest BCUT2D eigenvalue weighted by Crippen LogP contribution is 2.42. The summed E-state index contributed by atoms with van der Waals surface area (Å²) in [6, 6.07) is 19.0. The third-order valence-corrected chi connectivity index (χ3v) is 6.82. The van der Waals surface area contributed by atoms with E-state index in [0.717, 1.165) is 18.8 Å². The summed E-state index contributed by atoms with van der Waals surface area (Å²) in [5, 5.41) is 1.44. The third-order valence-electron chi connectivity index (χ3n) is 6.82. The predicted molar refractivity (Wildman–Crippen MR) is 115 cm³/mol. The van der Waals surface area contributed by atoms with Gasteiger partial charge in [-0.3, -0.25) is 4.90 Å². The lowest BCUT2D eigenvalue weighted by Gasteiger charge is -2.42. The minimum Gasteiger partial charge on any atom is -0.494 e. The first-order chi connectivity index (χ1) is 13.8. The van der Waals surface area contributed by atoms with E-state index in [0.29, 0.717) is 5.54 Å². The Morgan fingerprint density at radius 3 is 2.75 bits per heavy atom. The van der Waals surface area contributed by atoms with Gasteiger partial charge in [0.05, 0.1) is 6.61 Å². The number of H-pyrrole nitrogens is 1. The monoisotopic (exact) mass is 374 g/mol. The van der Waals surface area contributed by atoms with Gasteiger partial charge in [-0.1, -0.05) is 36.4 Å². The highest BCUT2D eigenvalue weighted by Gasteiger charge is 2.43. The van der Waals surface area contributed by atoms with Crippen LogP contribution in [0.5, 0.6) is 5.75 Å². The topological polar surface area (TPSA) is 28.3 Å². The summed E-state index contributed by atoms with van der Waals surface area (Å²) < 4.78 is 5.87. The molecule has 1 saturated heterocycles. The summed E-state index contributed by atoms with van der Waals surface area (Å²) >= 11 is 0. The average Bonchev–Trinajstić information content (AvgIpc) is 3.30. The molecule has 5 rings (SSSR count). The molecule has 0 bridgehead atoms. The number of aryl methyl sites for hydroxylation is 1. The fraction of sp³-hybridized carbons (Fsp3) is 0.440. The predicted octanol–water partition coefficient (Wildman–Crippen LogP) is 5.35. The second-order valence-electron chi connectivity index (χ2n) is 8.49. The van der Waals surface area contributed by atoms with Gasteiger partial charge in [0.15, 0.2) is 0 Å². The zero-order chi connectivity index (χ0) is 18.8. The number of hydrogen-bond donors (Lipinski definition) is 1. The molecule has 3 aromatic rings. The van der Waals surface area contributed by atoms with Crippen molar-refractivity contribution in [3.8, 4) is 5.75 Å². The van der Waals surface area contributed by atoms with E-state index in [4.69, 9.17) is 4.74 Å². The Kier molecular flexibility index (Phi) is 4.86. The average molecular weight is 375 g/mol. The van der Waals surface area contributed by atoms with E-state index in [9.17, 15) is 0 Å². The summed E-state index contributed by atoms with van der Waals surface area (Å²) in [5.41, 5.74) is 4.77. The minimum atomic E-state index is 0.387. The van der Waals surface area contributed by atoms with Crippen LogP contribution in [-0.2, 0) is 12.8 Å². The number of nitrogens with one attached hydrogen (secondary N) is 1. The van der Waals surface area contributed by atoms with Crippen molar-refractivity contribution < 1.29 is 4.74 Å². The van der Waals surface area contributed by atoms with Crippen molar-refractivity contribution in [2.45, 2.75) is 50.5 Å². The van der Waals surface area contributed by atoms with Crippen molar-refractivity contribution in [1.29, 1.82) is 0 Å². The van der Waals surface area contributed by atoms with E-state index in [1.54, 1.807) is 5.56 Å². The summed E-state index contributed by atoms with van der Waals surface area (Å²) in [5.74, 6) is 0.985. The van der Waals surface area contributed by atoms with Gasteiger partial charge in [0.2, 0.25) is 0 Å². The highest BCUT2D eigenvalue weighted by molar-refractivity contribution is 5.85. The minimum absolute atomic E-state index is 0.387. The van der Waals surface area contributed by atoms with E-state index in [-0.39, 0.29) is 0 Å². The zero-order valence-corrected chi connectivity index (χ0v) is 16.6. The van der Waals surface area contributed by atoms with E-state index in [1.165, 1.54) is 68.2 Å². The number of hydrogen-bond acceptors (Lipinski definition) is 2. The van der Waals surface area contributed by atoms with Gasteiger partial charge in [-0.25, -0.2) is 0 Å². The van der Waals surface area contributed by atoms with Crippen LogP contribution < -0.4 is 4.74 Å². The van der Waals surface area contributed by atoms with E-state index in [2.05, 4.69) is 34.1 Å². The lowest BCUT2D eigenvalue weighted by atomic mass is 9.78. The lowest BCUT2D eigenvalue weighted by Crippen LogP contribution is -2.48. The molecule has 0 amide bonds. The summed E-state index contributed by atoms with van der Waals surface area (Å²) in [4.78, 5) is 6.48. The molecule has 2 heterocycles. The number of unbranched alkanes of at least 4 members (excludes halogenated alkanes) is 1. The number of nitrogens with zero attached hydrogens (tertiary/aromatic N) is 1. The van der Waals surface area contributed by atoms with Crippen molar-refractivity contribution in [2.24, 2.45) is 0 Å². The number of rotatable bonds is 6. The molecule has 1 aromatic heterocycles. The molecule has 3 nitrogen and oxygen atoms in total. The van der Waals surface area contributed by atoms with Crippen molar-refractivity contribution in [3.63, 3.8) is 0 Å². The van der Waals surface area contributed by atoms with Gasteiger partial charge in [-0.2, -0.15) is 0 Å². The van der Waals surface area contributed by atoms with Crippen LogP contribution in [0.4, 0.5) is 0 Å². The maximum absolute atomic E-state index is 5.87. The van der Waals surface area contributed by atoms with Crippen LogP contribution in [0.3, 0.4) is 0 Å². The molecular formula is C25H30N2O. The molecule has 146 valence electrons. The Balaban J connectivity index is 1.21. The van der Waals surface area contributed by atoms with Crippen molar-refractivity contribution in [3.05, 3.63) is 65.9 Å². The lowest BCUT2D eigenvalue weighted by molar-refractivity contribution is 0.115. The van der Waals surface area contributed by atoms with Gasteiger partial charge in [0.25, 0.3) is 0 Å². The van der Waals surface area contributed by atoms with Gasteiger partial charge in [-0.05, 0) is 81.8 Å². The Morgan fingerprint density at radius 2 is 1.82 bits per heavy atom. The van der Waals surface area contributed by atoms with Crippen LogP contribution >= 0.6 is 0 Å². The van der Waals surface area contributed by atoms with Gasteiger partial charge in [-0.15, -0.1) is 0 Å². The first-order valence-electron chi connectivity index (χ1n) is 10.9. The van der Waals surface area contributed by atoms with E-state index in [1.807, 2.05) is 30.3 Å². The molecule has 28 heavy (non-hydrogen) atoms. The molecule has 1 N–H and O–H groups in total. The molecule has 3 heteroatoms. The normalized spacial score (nSPS) is 22.0. The second kappa shape index (κ2) is 7.63. The largest absolute Gasteiger partial charge is 0.494 e. The zero-order valence-electron chi connectivity index (χ0n) is 16.6. The number of likely N-dealkylation sites (tertiary alicyclic amines) is 1. The number of para-hydroxylation sites is 2. The Labute approximate surface area is 167 Å². The van der Waals surface area contributed by atoms with Crippen molar-refractivity contribution in [1.82, 2.24) is 9.88 Å². The quantitative estimate of drug-likeness (QED) is 0.589. The molecular weight excluding hydrogens is 344 g/mol. The third kappa shape index (κ3) is 3.33. The second-order valence-corrected chi connectivity index (χ2v) is 8.49. The molecule has 1 fully saturated rings. The molecule has 1 spiro atoms. The number of benzene rings is 2. The van der Waals surface area contributed by atoms with Gasteiger partial charge < -0.3 is 9.72 Å². The SMILES string of the molecule is c1ccc(OCCCCN2CCCC23CCc2[nH]c4ccccc4c2C3)cc1. The molecule has 1 atom stereocenters. The van der Waals surface area contributed by atoms with Crippen LogP contribution in [0, 0.1) is 0 Å². The molecule has 2 aliphatic rings. The standard InChI is InChI=1S/C25H30N2O/c1-2-9-20(10-3-1)28-18-7-6-16-27-17-8-14-25(27)15-13-24-22(19-25)21-11-4-5-12-23(21)26-24/h1-5,9-12,26H,6-8,13-19H2. The Bertz CT molecular complexity index is 932. The molecule has 0 saturated carbocycles. The van der Waals surface area contributed by atoms with E-state index >= 15 is 0 Å². The molecule has 2 aromatic carbocycles. The summed E-state index contributed by atoms with van der Waals surface area (Å²) in [6.07, 6.45) is 8.75. The van der Waals surface area contributed by atoms with Crippen LogP contribution in [-0.4, -0.2) is 35.1 Å². The number of ether oxygens (including phenoxy) is 1. The van der Waals surface area contributed by atoms with Crippen LogP contribution in [0.1, 0.15) is 43.4 Å². The number of fused-ring (bicyclic) bond motifs is 3. The number of aromatic amines is 1. The summed E-state index contributed by atoms with van der Waals surface area (Å²) in [7, 11) is 0. The number of aromatic nitrogens is 1. The fourth-order valence-corrected chi connectivity index (χ4v) is 5.38. The van der Waals surface area contributed by atoms with Crippen LogP contribution in [0.25, 0.3) is 10.9 Å². The first-order valence-corrected chi connectivity index (χ1v) is 10.9. The Morgan fingerprint density at radius 1 is 0.964 bits per heavy atom. The maximum atomic E-state index is 5.87. The van der Waals surface area contributed by atoms with Gasteiger partial charge >= 0.3 is 0 Å². The molecule has 1 unspecified atom stereocenters. The smallest absolute Gasteiger partial charge is 0.119 e. The Hall–Kier alpha value is -2.26. The molecule has 1 aliphatic carbocycles. The van der Waals surface area contributed by atoms with Gasteiger partial charge in [0, 0.05) is 22.1 Å².